The van der Waals surface area contributed by atoms with E-state index in [9.17, 15) is 9.59 Å². The summed E-state index contributed by atoms with van der Waals surface area (Å²) in [7, 11) is 0. The van der Waals surface area contributed by atoms with Gasteiger partial charge in [-0.25, -0.2) is 0 Å². The van der Waals surface area contributed by atoms with E-state index in [1.165, 1.54) is 35.3 Å². The molecule has 0 fully saturated rings. The van der Waals surface area contributed by atoms with Gasteiger partial charge in [-0.1, -0.05) is 25.1 Å². The molecule has 0 radical (unpaired) electrons. The quantitative estimate of drug-likeness (QED) is 0.875. The van der Waals surface area contributed by atoms with Crippen molar-refractivity contribution in [3.63, 3.8) is 0 Å². The largest absolute Gasteiger partial charge is 0.350 e. The van der Waals surface area contributed by atoms with Gasteiger partial charge in [0, 0.05) is 23.5 Å². The minimum absolute atomic E-state index is 0.0319. The van der Waals surface area contributed by atoms with Crippen molar-refractivity contribution in [3.8, 4) is 0 Å². The molecule has 4 rings (SSSR count). The van der Waals surface area contributed by atoms with E-state index in [4.69, 9.17) is 0 Å². The van der Waals surface area contributed by atoms with Gasteiger partial charge in [-0.15, -0.1) is 11.3 Å². The maximum Gasteiger partial charge on any atom is 0.255 e. The van der Waals surface area contributed by atoms with Crippen LogP contribution in [0.5, 0.6) is 0 Å². The Hall–Kier alpha value is -2.14. The SMILES string of the molecule is CC[C@@H](C(=O)NCc1csc2c1CCCC2)N1Cc2ccccc2C1=O. The summed E-state index contributed by atoms with van der Waals surface area (Å²) in [5.41, 5.74) is 4.43. The fourth-order valence-electron chi connectivity index (χ4n) is 4.09. The minimum Gasteiger partial charge on any atom is -0.350 e. The number of nitrogens with zero attached hydrogens (tertiary/aromatic N) is 1. The number of amides is 2. The second-order valence-electron chi connectivity index (χ2n) is 7.10. The monoisotopic (exact) mass is 368 g/mol. The van der Waals surface area contributed by atoms with Gasteiger partial charge in [0.15, 0.2) is 0 Å². The lowest BCUT2D eigenvalue weighted by molar-refractivity contribution is -0.126. The van der Waals surface area contributed by atoms with Crippen LogP contribution in [-0.2, 0) is 30.7 Å². The summed E-state index contributed by atoms with van der Waals surface area (Å²) in [5.74, 6) is -0.0834. The summed E-state index contributed by atoms with van der Waals surface area (Å²) in [4.78, 5) is 28.7. The van der Waals surface area contributed by atoms with Gasteiger partial charge >= 0.3 is 0 Å². The summed E-state index contributed by atoms with van der Waals surface area (Å²) in [6, 6.07) is 7.22. The van der Waals surface area contributed by atoms with E-state index in [2.05, 4.69) is 10.7 Å². The third kappa shape index (κ3) is 3.05. The standard InChI is InChI=1S/C21H24N2O2S/c1-2-18(23-12-14-7-3-4-9-17(14)21(23)25)20(24)22-11-15-13-26-19-10-6-5-8-16(15)19/h3-4,7,9,13,18H,2,5-6,8,10-12H2,1H3,(H,22,24)/t18-/m0/s1. The Labute approximate surface area is 158 Å². The third-order valence-electron chi connectivity index (χ3n) is 5.52. The molecule has 1 atom stereocenters. The normalized spacial score (nSPS) is 17.0. The van der Waals surface area contributed by atoms with Gasteiger partial charge in [-0.2, -0.15) is 0 Å². The predicted octanol–water partition coefficient (Wildman–Crippen LogP) is 3.68. The molecule has 5 heteroatoms. The molecule has 136 valence electrons. The van der Waals surface area contributed by atoms with Gasteiger partial charge in [0.05, 0.1) is 0 Å². The van der Waals surface area contributed by atoms with Crippen molar-refractivity contribution < 1.29 is 9.59 Å². The molecule has 4 nitrogen and oxygen atoms in total. The lowest BCUT2D eigenvalue weighted by atomic mass is 9.96. The number of aryl methyl sites for hydroxylation is 1. The topological polar surface area (TPSA) is 49.4 Å². The minimum atomic E-state index is -0.413. The molecule has 2 amide bonds. The second-order valence-corrected chi connectivity index (χ2v) is 8.07. The number of fused-ring (bicyclic) bond motifs is 2. The third-order valence-corrected chi connectivity index (χ3v) is 6.65. The first-order valence-electron chi connectivity index (χ1n) is 9.43. The molecule has 0 saturated heterocycles. The molecule has 26 heavy (non-hydrogen) atoms. The fraction of sp³-hybridized carbons (Fsp3) is 0.429. The average Bonchev–Trinajstić information content (AvgIpc) is 3.23. The van der Waals surface area contributed by atoms with Gasteiger partial charge in [0.2, 0.25) is 5.91 Å². The van der Waals surface area contributed by atoms with Crippen LogP contribution in [0.25, 0.3) is 0 Å². The van der Waals surface area contributed by atoms with Crippen LogP contribution < -0.4 is 5.32 Å². The zero-order valence-electron chi connectivity index (χ0n) is 15.1. The number of nitrogens with one attached hydrogen (secondary N) is 1. The lowest BCUT2D eigenvalue weighted by Crippen LogP contribution is -2.46. The molecule has 0 bridgehead atoms. The first kappa shape index (κ1) is 17.3. The molecule has 0 saturated carbocycles. The van der Waals surface area contributed by atoms with Gasteiger partial charge in [-0.05, 0) is 60.2 Å². The molecule has 1 aliphatic carbocycles. The molecule has 1 N–H and O–H groups in total. The van der Waals surface area contributed by atoms with E-state index < -0.39 is 6.04 Å². The molecule has 1 aliphatic heterocycles. The van der Waals surface area contributed by atoms with E-state index in [1.807, 2.05) is 42.5 Å². The van der Waals surface area contributed by atoms with E-state index >= 15 is 0 Å². The fourth-order valence-corrected chi connectivity index (χ4v) is 5.23. The maximum atomic E-state index is 12.8. The van der Waals surface area contributed by atoms with Gasteiger partial charge < -0.3 is 10.2 Å². The predicted molar refractivity (Wildman–Crippen MR) is 103 cm³/mol. The average molecular weight is 369 g/mol. The molecular weight excluding hydrogens is 344 g/mol. The summed E-state index contributed by atoms with van der Waals surface area (Å²) < 4.78 is 0. The molecule has 1 aromatic heterocycles. The second kappa shape index (κ2) is 7.23. The number of rotatable bonds is 5. The Morgan fingerprint density at radius 2 is 2.08 bits per heavy atom. The molecule has 1 aromatic carbocycles. The highest BCUT2D eigenvalue weighted by Crippen LogP contribution is 2.30. The number of thiophene rings is 1. The Morgan fingerprint density at radius 3 is 2.88 bits per heavy atom. The van der Waals surface area contributed by atoms with Crippen LogP contribution >= 0.6 is 11.3 Å². The van der Waals surface area contributed by atoms with E-state index in [0.717, 1.165) is 17.5 Å². The van der Waals surface area contributed by atoms with Crippen LogP contribution in [-0.4, -0.2) is 22.8 Å². The molecular formula is C21H24N2O2S. The molecule has 2 heterocycles. The van der Waals surface area contributed by atoms with Crippen molar-refractivity contribution in [2.45, 2.75) is 58.2 Å². The van der Waals surface area contributed by atoms with Crippen LogP contribution in [0.2, 0.25) is 0 Å². The number of carbonyl (C=O) groups excluding carboxylic acids is 2. The zero-order valence-corrected chi connectivity index (χ0v) is 15.9. The number of hydrogen-bond donors (Lipinski definition) is 1. The van der Waals surface area contributed by atoms with Crippen molar-refractivity contribution in [1.82, 2.24) is 10.2 Å². The van der Waals surface area contributed by atoms with Crippen molar-refractivity contribution in [2.24, 2.45) is 0 Å². The van der Waals surface area contributed by atoms with Gasteiger partial charge in [-0.3, -0.25) is 9.59 Å². The van der Waals surface area contributed by atoms with Crippen LogP contribution in [0.4, 0.5) is 0 Å². The van der Waals surface area contributed by atoms with Crippen LogP contribution in [0.15, 0.2) is 29.6 Å². The summed E-state index contributed by atoms with van der Waals surface area (Å²) in [5, 5.41) is 5.27. The van der Waals surface area contributed by atoms with Crippen LogP contribution in [0.3, 0.4) is 0 Å². The van der Waals surface area contributed by atoms with E-state index in [0.29, 0.717) is 19.5 Å². The van der Waals surface area contributed by atoms with E-state index in [-0.39, 0.29) is 11.8 Å². The zero-order chi connectivity index (χ0) is 18.1. The van der Waals surface area contributed by atoms with Gasteiger partial charge in [0.25, 0.3) is 5.91 Å². The lowest BCUT2D eigenvalue weighted by Gasteiger charge is -2.26. The number of carbonyl (C=O) groups is 2. The van der Waals surface area contributed by atoms with Crippen molar-refractivity contribution in [2.75, 3.05) is 0 Å². The van der Waals surface area contributed by atoms with Gasteiger partial charge in [0.1, 0.15) is 6.04 Å². The van der Waals surface area contributed by atoms with Crippen LogP contribution in [0, 0.1) is 0 Å². The molecule has 2 aromatic rings. The highest BCUT2D eigenvalue weighted by Gasteiger charge is 2.35. The van der Waals surface area contributed by atoms with Crippen molar-refractivity contribution >= 4 is 23.2 Å². The smallest absolute Gasteiger partial charge is 0.255 e. The van der Waals surface area contributed by atoms with Crippen molar-refractivity contribution in [3.05, 3.63) is 56.8 Å². The summed E-state index contributed by atoms with van der Waals surface area (Å²) in [6.45, 7) is 3.05. The van der Waals surface area contributed by atoms with E-state index in [1.54, 1.807) is 4.90 Å². The Bertz CT molecular complexity index is 842. The van der Waals surface area contributed by atoms with Crippen LogP contribution in [0.1, 0.15) is 58.1 Å². The first-order chi connectivity index (χ1) is 12.7. The molecule has 2 aliphatic rings. The maximum absolute atomic E-state index is 12.8. The Morgan fingerprint density at radius 1 is 1.27 bits per heavy atom. The highest BCUT2D eigenvalue weighted by atomic mass is 32.1. The number of hydrogen-bond acceptors (Lipinski definition) is 3. The summed E-state index contributed by atoms with van der Waals surface area (Å²) >= 11 is 1.82. The number of benzene rings is 1. The summed E-state index contributed by atoms with van der Waals surface area (Å²) in [6.07, 6.45) is 5.43. The molecule has 0 spiro atoms. The highest BCUT2D eigenvalue weighted by molar-refractivity contribution is 7.10. The Balaban J connectivity index is 1.44. The first-order valence-corrected chi connectivity index (χ1v) is 10.3. The van der Waals surface area contributed by atoms with Crippen molar-refractivity contribution in [1.29, 1.82) is 0 Å². The molecule has 0 unspecified atom stereocenters. The Kier molecular flexibility index (Phi) is 4.81.